The first-order valence-corrected chi connectivity index (χ1v) is 10.1. The summed E-state index contributed by atoms with van der Waals surface area (Å²) in [4.78, 5) is 19.1. The van der Waals surface area contributed by atoms with Gasteiger partial charge in [-0.25, -0.2) is 4.98 Å². The maximum Gasteiger partial charge on any atom is 0.223 e. The Bertz CT molecular complexity index is 1050. The van der Waals surface area contributed by atoms with Crippen molar-refractivity contribution >= 4 is 16.9 Å². The normalized spacial score (nSPS) is 16.6. The van der Waals surface area contributed by atoms with Crippen LogP contribution in [0.5, 0.6) is 5.75 Å². The van der Waals surface area contributed by atoms with Crippen LogP contribution in [-0.2, 0) is 11.3 Å². The smallest absolute Gasteiger partial charge is 0.223 e. The number of hydrogen-bond donors (Lipinski definition) is 0. The van der Waals surface area contributed by atoms with Crippen LogP contribution in [0.3, 0.4) is 0 Å². The topological polar surface area (TPSA) is 47.4 Å². The number of imidazole rings is 1. The third kappa shape index (κ3) is 3.90. The molecule has 29 heavy (non-hydrogen) atoms. The molecule has 2 heterocycles. The van der Waals surface area contributed by atoms with Gasteiger partial charge < -0.3 is 14.2 Å². The van der Waals surface area contributed by atoms with E-state index in [0.29, 0.717) is 32.7 Å². The Morgan fingerprint density at radius 1 is 1.24 bits per heavy atom. The van der Waals surface area contributed by atoms with Crippen LogP contribution >= 0.6 is 0 Å². The van der Waals surface area contributed by atoms with Gasteiger partial charge in [-0.15, -0.1) is 6.58 Å². The third-order valence-electron chi connectivity index (χ3n) is 5.53. The Morgan fingerprint density at radius 3 is 2.90 bits per heavy atom. The van der Waals surface area contributed by atoms with Crippen LogP contribution < -0.4 is 4.74 Å². The zero-order chi connectivity index (χ0) is 20.4. The Balaban J connectivity index is 1.58. The fraction of sp³-hybridized carbons (Fsp3) is 0.333. The van der Waals surface area contributed by atoms with E-state index in [9.17, 15) is 4.79 Å². The SMILES string of the molecule is C=CCN1C[C@@H](c2nc3ccccc3n2CCOc2cc(C)ccc2C)CC1=O. The molecule has 150 valence electrons. The van der Waals surface area contributed by atoms with Crippen molar-refractivity contribution in [2.45, 2.75) is 32.7 Å². The average molecular weight is 389 g/mol. The number of hydrogen-bond acceptors (Lipinski definition) is 3. The highest BCUT2D eigenvalue weighted by molar-refractivity contribution is 5.81. The second-order valence-corrected chi connectivity index (χ2v) is 7.72. The number of rotatable bonds is 7. The molecule has 1 atom stereocenters. The van der Waals surface area contributed by atoms with Gasteiger partial charge in [0.25, 0.3) is 0 Å². The number of likely N-dealkylation sites (tertiary alicyclic amines) is 1. The van der Waals surface area contributed by atoms with Crippen LogP contribution in [0.15, 0.2) is 55.1 Å². The number of fused-ring (bicyclic) bond motifs is 1. The van der Waals surface area contributed by atoms with Crippen molar-refractivity contribution in [1.82, 2.24) is 14.5 Å². The van der Waals surface area contributed by atoms with Crippen LogP contribution in [0.1, 0.15) is 29.3 Å². The monoisotopic (exact) mass is 389 g/mol. The van der Waals surface area contributed by atoms with Gasteiger partial charge in [-0.05, 0) is 43.2 Å². The zero-order valence-electron chi connectivity index (χ0n) is 17.1. The van der Waals surface area contributed by atoms with E-state index in [1.807, 2.05) is 23.1 Å². The van der Waals surface area contributed by atoms with Crippen molar-refractivity contribution < 1.29 is 9.53 Å². The molecule has 5 nitrogen and oxygen atoms in total. The van der Waals surface area contributed by atoms with Gasteiger partial charge in [-0.3, -0.25) is 4.79 Å². The second-order valence-electron chi connectivity index (χ2n) is 7.72. The molecule has 0 bridgehead atoms. The standard InChI is InChI=1S/C24H27N3O2/c1-4-11-26-16-19(15-23(26)28)24-25-20-7-5-6-8-21(20)27(24)12-13-29-22-14-17(2)9-10-18(22)3/h4-10,14,19H,1,11-13,15-16H2,2-3H3/t19-/m0/s1. The largest absolute Gasteiger partial charge is 0.491 e. The third-order valence-corrected chi connectivity index (χ3v) is 5.53. The van der Waals surface area contributed by atoms with Crippen LogP contribution in [-0.4, -0.2) is 40.1 Å². The molecule has 4 rings (SSSR count). The number of para-hydroxylation sites is 2. The molecule has 0 unspecified atom stereocenters. The van der Waals surface area contributed by atoms with Crippen molar-refractivity contribution in [3.63, 3.8) is 0 Å². The maximum absolute atomic E-state index is 12.4. The molecule has 1 aliphatic rings. The minimum absolute atomic E-state index is 0.0931. The Labute approximate surface area is 171 Å². The van der Waals surface area contributed by atoms with E-state index in [2.05, 4.69) is 49.3 Å². The summed E-state index contributed by atoms with van der Waals surface area (Å²) in [6, 6.07) is 14.4. The molecule has 1 saturated heterocycles. The molecule has 0 radical (unpaired) electrons. The Hall–Kier alpha value is -3.08. The number of ether oxygens (including phenoxy) is 1. The van der Waals surface area contributed by atoms with Crippen molar-refractivity contribution in [2.75, 3.05) is 19.7 Å². The molecule has 5 heteroatoms. The lowest BCUT2D eigenvalue weighted by molar-refractivity contribution is -0.127. The van der Waals surface area contributed by atoms with Crippen LogP contribution in [0.25, 0.3) is 11.0 Å². The van der Waals surface area contributed by atoms with Crippen molar-refractivity contribution in [3.8, 4) is 5.75 Å². The number of amides is 1. The number of aromatic nitrogens is 2. The molecule has 0 saturated carbocycles. The Kier molecular flexibility index (Phi) is 5.38. The highest BCUT2D eigenvalue weighted by Gasteiger charge is 2.33. The van der Waals surface area contributed by atoms with Crippen LogP contribution in [0.2, 0.25) is 0 Å². The first-order valence-electron chi connectivity index (χ1n) is 10.1. The maximum atomic E-state index is 12.4. The molecule has 0 spiro atoms. The van der Waals surface area contributed by atoms with E-state index in [1.54, 1.807) is 6.08 Å². The van der Waals surface area contributed by atoms with Gasteiger partial charge in [0.1, 0.15) is 18.2 Å². The molecule has 2 aromatic carbocycles. The van der Waals surface area contributed by atoms with E-state index in [1.165, 1.54) is 5.56 Å². The van der Waals surface area contributed by atoms with Gasteiger partial charge in [0.05, 0.1) is 17.6 Å². The number of carbonyl (C=O) groups is 1. The summed E-state index contributed by atoms with van der Waals surface area (Å²) >= 11 is 0. The number of carbonyl (C=O) groups excluding carboxylic acids is 1. The summed E-state index contributed by atoms with van der Waals surface area (Å²) in [5, 5.41) is 0. The first-order chi connectivity index (χ1) is 14.1. The predicted octanol–water partition coefficient (Wildman–Crippen LogP) is 4.23. The predicted molar refractivity (Wildman–Crippen MR) is 115 cm³/mol. The summed E-state index contributed by atoms with van der Waals surface area (Å²) in [6.45, 7) is 10.4. The summed E-state index contributed by atoms with van der Waals surface area (Å²) in [7, 11) is 0. The highest BCUT2D eigenvalue weighted by atomic mass is 16.5. The molecule has 0 aliphatic carbocycles. The first kappa shape index (κ1) is 19.2. The number of aryl methyl sites for hydroxylation is 2. The van der Waals surface area contributed by atoms with Gasteiger partial charge in [-0.2, -0.15) is 0 Å². The quantitative estimate of drug-likeness (QED) is 0.568. The van der Waals surface area contributed by atoms with E-state index in [4.69, 9.17) is 9.72 Å². The van der Waals surface area contributed by atoms with Crippen molar-refractivity contribution in [2.24, 2.45) is 0 Å². The molecular weight excluding hydrogens is 362 g/mol. The van der Waals surface area contributed by atoms with Gasteiger partial charge in [-0.1, -0.05) is 30.3 Å². The minimum Gasteiger partial charge on any atom is -0.491 e. The second kappa shape index (κ2) is 8.11. The fourth-order valence-electron chi connectivity index (χ4n) is 4.03. The molecule has 1 aromatic heterocycles. The zero-order valence-corrected chi connectivity index (χ0v) is 17.1. The molecular formula is C24H27N3O2. The highest BCUT2D eigenvalue weighted by Crippen LogP contribution is 2.30. The average Bonchev–Trinajstić information content (AvgIpc) is 3.26. The summed E-state index contributed by atoms with van der Waals surface area (Å²) in [6.07, 6.45) is 2.27. The summed E-state index contributed by atoms with van der Waals surface area (Å²) < 4.78 is 8.32. The van der Waals surface area contributed by atoms with E-state index in [0.717, 1.165) is 28.2 Å². The molecule has 0 N–H and O–H groups in total. The lowest BCUT2D eigenvalue weighted by Gasteiger charge is -2.16. The van der Waals surface area contributed by atoms with Gasteiger partial charge in [0.15, 0.2) is 0 Å². The number of benzene rings is 2. The fourth-order valence-corrected chi connectivity index (χ4v) is 4.03. The van der Waals surface area contributed by atoms with Crippen molar-refractivity contribution in [3.05, 3.63) is 72.1 Å². The number of nitrogens with zero attached hydrogens (tertiary/aromatic N) is 3. The van der Waals surface area contributed by atoms with Gasteiger partial charge >= 0.3 is 0 Å². The van der Waals surface area contributed by atoms with Crippen LogP contribution in [0, 0.1) is 13.8 Å². The summed E-state index contributed by atoms with van der Waals surface area (Å²) in [5.41, 5.74) is 4.37. The Morgan fingerprint density at radius 2 is 2.07 bits per heavy atom. The molecule has 1 aliphatic heterocycles. The van der Waals surface area contributed by atoms with Gasteiger partial charge in [0, 0.05) is 25.4 Å². The molecule has 1 amide bonds. The lowest BCUT2D eigenvalue weighted by Crippen LogP contribution is -2.25. The van der Waals surface area contributed by atoms with E-state index >= 15 is 0 Å². The van der Waals surface area contributed by atoms with Gasteiger partial charge in [0.2, 0.25) is 5.91 Å². The van der Waals surface area contributed by atoms with Crippen LogP contribution in [0.4, 0.5) is 0 Å². The summed E-state index contributed by atoms with van der Waals surface area (Å²) in [5.74, 6) is 2.15. The van der Waals surface area contributed by atoms with E-state index in [-0.39, 0.29) is 11.8 Å². The van der Waals surface area contributed by atoms with E-state index < -0.39 is 0 Å². The minimum atomic E-state index is 0.0931. The lowest BCUT2D eigenvalue weighted by atomic mass is 10.1. The van der Waals surface area contributed by atoms with Crippen molar-refractivity contribution in [1.29, 1.82) is 0 Å². The molecule has 1 fully saturated rings. The molecule has 3 aromatic rings.